The zero-order valence-corrected chi connectivity index (χ0v) is 7.82. The summed E-state index contributed by atoms with van der Waals surface area (Å²) in [5.74, 6) is -1.84. The fourth-order valence-electron chi connectivity index (χ4n) is 1.73. The molecule has 0 spiro atoms. The van der Waals surface area contributed by atoms with Crippen molar-refractivity contribution in [3.8, 4) is 0 Å². The zero-order valence-electron chi connectivity index (χ0n) is 7.82. The molecule has 6 heteroatoms. The molecule has 1 saturated carbocycles. The highest BCUT2D eigenvalue weighted by atomic mass is 19.4. The van der Waals surface area contributed by atoms with E-state index >= 15 is 0 Å². The smallest absolute Gasteiger partial charge is 0.344 e. The van der Waals surface area contributed by atoms with E-state index in [9.17, 15) is 18.0 Å². The summed E-state index contributed by atoms with van der Waals surface area (Å²) in [6, 6.07) is -0.435. The molecule has 0 saturated heterocycles. The molecule has 2 unspecified atom stereocenters. The van der Waals surface area contributed by atoms with Crippen molar-refractivity contribution in [2.24, 2.45) is 0 Å². The van der Waals surface area contributed by atoms with Crippen LogP contribution in [0, 0.1) is 0 Å². The van der Waals surface area contributed by atoms with E-state index in [1.807, 2.05) is 5.32 Å². The van der Waals surface area contributed by atoms with Gasteiger partial charge < -0.3 is 10.6 Å². The van der Waals surface area contributed by atoms with Crippen LogP contribution in [0.5, 0.6) is 0 Å². The number of amides is 1. The minimum absolute atomic E-state index is 0.0405. The minimum Gasteiger partial charge on any atom is -0.344 e. The average Bonchev–Trinajstić information content (AvgIpc) is 2.50. The topological polar surface area (TPSA) is 41.1 Å². The molecular weight excluding hydrogens is 197 g/mol. The van der Waals surface area contributed by atoms with Crippen LogP contribution in [-0.4, -0.2) is 31.2 Å². The van der Waals surface area contributed by atoms with Crippen molar-refractivity contribution in [3.63, 3.8) is 0 Å². The minimum atomic E-state index is -4.78. The largest absolute Gasteiger partial charge is 0.471 e. The molecule has 0 aromatic heterocycles. The number of hydrogen-bond acceptors (Lipinski definition) is 2. The van der Waals surface area contributed by atoms with Crippen molar-refractivity contribution in [2.45, 2.75) is 37.5 Å². The summed E-state index contributed by atoms with van der Waals surface area (Å²) in [4.78, 5) is 10.6. The molecule has 1 aliphatic carbocycles. The van der Waals surface area contributed by atoms with Gasteiger partial charge in [0.05, 0.1) is 0 Å². The van der Waals surface area contributed by atoms with Gasteiger partial charge in [-0.05, 0) is 26.3 Å². The number of carbonyl (C=O) groups is 1. The number of likely N-dealkylation sites (N-methyl/N-ethyl adjacent to an activating group) is 1. The first-order valence-electron chi connectivity index (χ1n) is 4.50. The van der Waals surface area contributed by atoms with Crippen LogP contribution in [-0.2, 0) is 4.79 Å². The molecule has 1 amide bonds. The van der Waals surface area contributed by atoms with Crippen LogP contribution in [0.1, 0.15) is 19.3 Å². The van der Waals surface area contributed by atoms with Gasteiger partial charge in [-0.2, -0.15) is 13.2 Å². The lowest BCUT2D eigenvalue weighted by Crippen LogP contribution is -2.49. The Morgan fingerprint density at radius 2 is 1.86 bits per heavy atom. The maximum absolute atomic E-state index is 11.9. The summed E-state index contributed by atoms with van der Waals surface area (Å²) in [6.45, 7) is 0. The van der Waals surface area contributed by atoms with Gasteiger partial charge in [-0.25, -0.2) is 0 Å². The van der Waals surface area contributed by atoms with E-state index in [4.69, 9.17) is 0 Å². The van der Waals surface area contributed by atoms with Crippen LogP contribution in [0.2, 0.25) is 0 Å². The van der Waals surface area contributed by atoms with Crippen molar-refractivity contribution in [2.75, 3.05) is 7.05 Å². The number of alkyl halides is 3. The van der Waals surface area contributed by atoms with E-state index in [0.29, 0.717) is 6.42 Å². The number of halogens is 3. The second kappa shape index (κ2) is 4.16. The Labute approximate surface area is 80.0 Å². The van der Waals surface area contributed by atoms with Gasteiger partial charge in [0.15, 0.2) is 0 Å². The Morgan fingerprint density at radius 1 is 1.29 bits per heavy atom. The quantitative estimate of drug-likeness (QED) is 0.708. The van der Waals surface area contributed by atoms with E-state index in [-0.39, 0.29) is 6.04 Å². The normalized spacial score (nSPS) is 27.7. The van der Waals surface area contributed by atoms with Crippen LogP contribution >= 0.6 is 0 Å². The second-order valence-electron chi connectivity index (χ2n) is 3.40. The Balaban J connectivity index is 2.48. The van der Waals surface area contributed by atoms with E-state index in [1.54, 1.807) is 7.05 Å². The molecule has 0 heterocycles. The molecule has 2 N–H and O–H groups in total. The van der Waals surface area contributed by atoms with Gasteiger partial charge >= 0.3 is 12.1 Å². The fourth-order valence-corrected chi connectivity index (χ4v) is 1.73. The lowest BCUT2D eigenvalue weighted by Gasteiger charge is -2.20. The molecule has 82 valence electrons. The molecule has 3 nitrogen and oxygen atoms in total. The lowest BCUT2D eigenvalue weighted by molar-refractivity contribution is -0.174. The monoisotopic (exact) mass is 210 g/mol. The lowest BCUT2D eigenvalue weighted by atomic mass is 10.2. The third-order valence-electron chi connectivity index (χ3n) is 2.46. The van der Waals surface area contributed by atoms with Crippen molar-refractivity contribution in [1.82, 2.24) is 10.6 Å². The SMILES string of the molecule is CNC1CCCC1NC(=O)C(F)(F)F. The van der Waals surface area contributed by atoms with E-state index in [0.717, 1.165) is 12.8 Å². The number of rotatable bonds is 2. The van der Waals surface area contributed by atoms with Crippen LogP contribution in [0.4, 0.5) is 13.2 Å². The highest BCUT2D eigenvalue weighted by Crippen LogP contribution is 2.21. The van der Waals surface area contributed by atoms with Crippen LogP contribution in [0.25, 0.3) is 0 Å². The highest BCUT2D eigenvalue weighted by Gasteiger charge is 2.41. The van der Waals surface area contributed by atoms with Gasteiger partial charge in [0.25, 0.3) is 0 Å². The van der Waals surface area contributed by atoms with Crippen molar-refractivity contribution in [1.29, 1.82) is 0 Å². The molecule has 0 bridgehead atoms. The predicted octanol–water partition coefficient (Wildman–Crippen LogP) is 0.805. The number of hydrogen-bond donors (Lipinski definition) is 2. The molecule has 2 atom stereocenters. The maximum Gasteiger partial charge on any atom is 0.471 e. The van der Waals surface area contributed by atoms with Gasteiger partial charge in [-0.15, -0.1) is 0 Å². The zero-order chi connectivity index (χ0) is 10.8. The predicted molar refractivity (Wildman–Crippen MR) is 44.7 cm³/mol. The Bertz CT molecular complexity index is 217. The van der Waals surface area contributed by atoms with Crippen molar-refractivity contribution >= 4 is 5.91 Å². The van der Waals surface area contributed by atoms with Gasteiger partial charge in [-0.1, -0.05) is 0 Å². The van der Waals surface area contributed by atoms with Crippen molar-refractivity contribution in [3.05, 3.63) is 0 Å². The van der Waals surface area contributed by atoms with Gasteiger partial charge in [-0.3, -0.25) is 4.79 Å². The van der Waals surface area contributed by atoms with E-state index < -0.39 is 18.1 Å². The standard InChI is InChI=1S/C8H13F3N2O/c1-12-5-3-2-4-6(5)13-7(14)8(9,10)11/h5-6,12H,2-4H2,1H3,(H,13,14). The maximum atomic E-state index is 11.9. The first-order valence-corrected chi connectivity index (χ1v) is 4.50. The molecule has 1 aliphatic rings. The number of carbonyl (C=O) groups excluding carboxylic acids is 1. The summed E-state index contributed by atoms with van der Waals surface area (Å²) < 4.78 is 35.7. The van der Waals surface area contributed by atoms with E-state index in [2.05, 4.69) is 5.32 Å². The summed E-state index contributed by atoms with van der Waals surface area (Å²) in [6.07, 6.45) is -2.53. The van der Waals surface area contributed by atoms with Crippen LogP contribution < -0.4 is 10.6 Å². The first kappa shape index (κ1) is 11.3. The number of nitrogens with one attached hydrogen (secondary N) is 2. The Kier molecular flexibility index (Phi) is 3.36. The summed E-state index contributed by atoms with van der Waals surface area (Å²) in [5.41, 5.74) is 0. The van der Waals surface area contributed by atoms with Crippen LogP contribution in [0.3, 0.4) is 0 Å². The summed E-state index contributed by atoms with van der Waals surface area (Å²) in [7, 11) is 1.68. The molecule has 0 aliphatic heterocycles. The summed E-state index contributed by atoms with van der Waals surface area (Å²) >= 11 is 0. The molecule has 0 aromatic rings. The Hall–Kier alpha value is -0.780. The van der Waals surface area contributed by atoms with Gasteiger partial charge in [0, 0.05) is 12.1 Å². The molecule has 1 rings (SSSR count). The third-order valence-corrected chi connectivity index (χ3v) is 2.46. The molecule has 0 radical (unpaired) electrons. The highest BCUT2D eigenvalue weighted by molar-refractivity contribution is 5.82. The third kappa shape index (κ3) is 2.60. The molecular formula is C8H13F3N2O. The van der Waals surface area contributed by atoms with Crippen molar-refractivity contribution < 1.29 is 18.0 Å². The molecule has 14 heavy (non-hydrogen) atoms. The molecule has 0 aromatic carbocycles. The first-order chi connectivity index (χ1) is 6.45. The second-order valence-corrected chi connectivity index (χ2v) is 3.40. The van der Waals surface area contributed by atoms with Gasteiger partial charge in [0.1, 0.15) is 0 Å². The van der Waals surface area contributed by atoms with Crippen LogP contribution in [0.15, 0.2) is 0 Å². The fraction of sp³-hybridized carbons (Fsp3) is 0.875. The van der Waals surface area contributed by atoms with E-state index in [1.165, 1.54) is 0 Å². The summed E-state index contributed by atoms with van der Waals surface area (Å²) in [5, 5.41) is 4.88. The molecule has 1 fully saturated rings. The average molecular weight is 210 g/mol. The Morgan fingerprint density at radius 3 is 2.36 bits per heavy atom. The van der Waals surface area contributed by atoms with Gasteiger partial charge in [0.2, 0.25) is 0 Å².